The number of hydrogen-bond acceptors (Lipinski definition) is 2. The van der Waals surface area contributed by atoms with E-state index in [1.807, 2.05) is 0 Å². The molecule has 0 radical (unpaired) electrons. The normalized spacial score (nSPS) is 26.8. The SMILES string of the molecule is CC1(CNCCC2CNC2)CC1. The molecule has 2 heteroatoms. The highest BCUT2D eigenvalue weighted by Gasteiger charge is 2.36. The topological polar surface area (TPSA) is 24.1 Å². The van der Waals surface area contributed by atoms with Gasteiger partial charge in [0.2, 0.25) is 0 Å². The van der Waals surface area contributed by atoms with E-state index in [0.29, 0.717) is 5.41 Å². The monoisotopic (exact) mass is 168 g/mol. The van der Waals surface area contributed by atoms with Crippen LogP contribution in [0.4, 0.5) is 0 Å². The molecular formula is C10H20N2. The van der Waals surface area contributed by atoms with Crippen molar-refractivity contribution < 1.29 is 0 Å². The summed E-state index contributed by atoms with van der Waals surface area (Å²) in [5.74, 6) is 0.963. The summed E-state index contributed by atoms with van der Waals surface area (Å²) in [7, 11) is 0. The molecule has 1 aliphatic heterocycles. The van der Waals surface area contributed by atoms with E-state index in [-0.39, 0.29) is 0 Å². The van der Waals surface area contributed by atoms with Gasteiger partial charge in [0.25, 0.3) is 0 Å². The van der Waals surface area contributed by atoms with Crippen molar-refractivity contribution in [1.82, 2.24) is 10.6 Å². The third-order valence-electron chi connectivity index (χ3n) is 3.25. The summed E-state index contributed by atoms with van der Waals surface area (Å²) in [6.07, 6.45) is 4.24. The van der Waals surface area contributed by atoms with Gasteiger partial charge >= 0.3 is 0 Å². The van der Waals surface area contributed by atoms with Crippen molar-refractivity contribution in [2.24, 2.45) is 11.3 Å². The predicted octanol–water partition coefficient (Wildman–Crippen LogP) is 0.986. The lowest BCUT2D eigenvalue weighted by atomic mass is 9.99. The standard InChI is InChI=1S/C10H20N2/c1-10(3-4-10)8-11-5-2-9-6-12-7-9/h9,11-12H,2-8H2,1H3. The molecule has 2 rings (SSSR count). The van der Waals surface area contributed by atoms with E-state index in [0.717, 1.165) is 5.92 Å². The van der Waals surface area contributed by atoms with Crippen molar-refractivity contribution in [2.75, 3.05) is 26.2 Å². The average molecular weight is 168 g/mol. The van der Waals surface area contributed by atoms with Crippen molar-refractivity contribution >= 4 is 0 Å². The molecule has 0 atom stereocenters. The van der Waals surface area contributed by atoms with Crippen LogP contribution < -0.4 is 10.6 Å². The molecule has 1 saturated heterocycles. The Labute approximate surface area is 75.1 Å². The summed E-state index contributed by atoms with van der Waals surface area (Å²) in [4.78, 5) is 0. The third kappa shape index (κ3) is 2.20. The van der Waals surface area contributed by atoms with Crippen LogP contribution in [0.3, 0.4) is 0 Å². The Morgan fingerprint density at radius 2 is 2.17 bits per heavy atom. The summed E-state index contributed by atoms with van der Waals surface area (Å²) >= 11 is 0. The summed E-state index contributed by atoms with van der Waals surface area (Å²) < 4.78 is 0. The van der Waals surface area contributed by atoms with Crippen molar-refractivity contribution in [3.05, 3.63) is 0 Å². The van der Waals surface area contributed by atoms with E-state index in [9.17, 15) is 0 Å². The minimum absolute atomic E-state index is 0.678. The lowest BCUT2D eigenvalue weighted by Gasteiger charge is -2.27. The van der Waals surface area contributed by atoms with Gasteiger partial charge in [-0.1, -0.05) is 6.92 Å². The lowest BCUT2D eigenvalue weighted by Crippen LogP contribution is -2.43. The van der Waals surface area contributed by atoms with Crippen molar-refractivity contribution in [2.45, 2.75) is 26.2 Å². The van der Waals surface area contributed by atoms with Crippen molar-refractivity contribution in [3.8, 4) is 0 Å². The van der Waals surface area contributed by atoms with Gasteiger partial charge in [0.1, 0.15) is 0 Å². The maximum absolute atomic E-state index is 3.56. The highest BCUT2D eigenvalue weighted by Crippen LogP contribution is 2.43. The summed E-state index contributed by atoms with van der Waals surface area (Å²) in [5, 5.41) is 6.86. The van der Waals surface area contributed by atoms with E-state index in [2.05, 4.69) is 17.6 Å². The van der Waals surface area contributed by atoms with Gasteiger partial charge < -0.3 is 10.6 Å². The molecule has 0 aromatic rings. The smallest absolute Gasteiger partial charge is 0.000517 e. The van der Waals surface area contributed by atoms with Crippen LogP contribution in [0.25, 0.3) is 0 Å². The second-order valence-electron chi connectivity index (χ2n) is 4.80. The minimum Gasteiger partial charge on any atom is -0.316 e. The summed E-state index contributed by atoms with van der Waals surface area (Å²) in [5.41, 5.74) is 0.678. The molecule has 70 valence electrons. The third-order valence-corrected chi connectivity index (χ3v) is 3.25. The Bertz CT molecular complexity index is 148. The van der Waals surface area contributed by atoms with Gasteiger partial charge in [0.05, 0.1) is 0 Å². The molecule has 0 aromatic heterocycles. The fourth-order valence-corrected chi connectivity index (χ4v) is 1.64. The average Bonchev–Trinajstić information content (AvgIpc) is 2.65. The Morgan fingerprint density at radius 3 is 2.67 bits per heavy atom. The molecule has 0 amide bonds. The van der Waals surface area contributed by atoms with Gasteiger partial charge in [0, 0.05) is 6.54 Å². The van der Waals surface area contributed by atoms with Crippen LogP contribution >= 0.6 is 0 Å². The zero-order chi connectivity index (χ0) is 8.44. The second-order valence-corrected chi connectivity index (χ2v) is 4.80. The number of hydrogen-bond donors (Lipinski definition) is 2. The van der Waals surface area contributed by atoms with Crippen LogP contribution in [-0.4, -0.2) is 26.2 Å². The first-order valence-electron chi connectivity index (χ1n) is 5.20. The molecule has 0 aromatic carbocycles. The molecule has 2 nitrogen and oxygen atoms in total. The van der Waals surface area contributed by atoms with Gasteiger partial charge in [-0.25, -0.2) is 0 Å². The fourth-order valence-electron chi connectivity index (χ4n) is 1.64. The number of rotatable bonds is 5. The largest absolute Gasteiger partial charge is 0.316 e. The Hall–Kier alpha value is -0.0800. The van der Waals surface area contributed by atoms with Crippen molar-refractivity contribution in [1.29, 1.82) is 0 Å². The van der Waals surface area contributed by atoms with Crippen LogP contribution in [-0.2, 0) is 0 Å². The van der Waals surface area contributed by atoms with Crippen LogP contribution in [0.15, 0.2) is 0 Å². The van der Waals surface area contributed by atoms with Crippen LogP contribution in [0.1, 0.15) is 26.2 Å². The van der Waals surface area contributed by atoms with Gasteiger partial charge in [-0.05, 0) is 50.2 Å². The second kappa shape index (κ2) is 3.35. The molecule has 2 fully saturated rings. The highest BCUT2D eigenvalue weighted by atomic mass is 15.0. The van der Waals surface area contributed by atoms with E-state index in [4.69, 9.17) is 0 Å². The van der Waals surface area contributed by atoms with Gasteiger partial charge in [-0.2, -0.15) is 0 Å². The summed E-state index contributed by atoms with van der Waals surface area (Å²) in [6.45, 7) is 7.35. The lowest BCUT2D eigenvalue weighted by molar-refractivity contribution is 0.318. The highest BCUT2D eigenvalue weighted by molar-refractivity contribution is 4.90. The van der Waals surface area contributed by atoms with E-state index >= 15 is 0 Å². The predicted molar refractivity (Wildman–Crippen MR) is 51.2 cm³/mol. The molecule has 1 aliphatic carbocycles. The molecule has 2 N–H and O–H groups in total. The van der Waals surface area contributed by atoms with Gasteiger partial charge in [-0.15, -0.1) is 0 Å². The molecule has 0 bridgehead atoms. The van der Waals surface area contributed by atoms with Gasteiger partial charge in [-0.3, -0.25) is 0 Å². The molecule has 0 spiro atoms. The molecule has 0 unspecified atom stereocenters. The minimum atomic E-state index is 0.678. The van der Waals surface area contributed by atoms with Crippen LogP contribution in [0.2, 0.25) is 0 Å². The Balaban J connectivity index is 1.46. The maximum atomic E-state index is 3.56. The quantitative estimate of drug-likeness (QED) is 0.598. The van der Waals surface area contributed by atoms with E-state index in [1.165, 1.54) is 45.4 Å². The van der Waals surface area contributed by atoms with Gasteiger partial charge in [0.15, 0.2) is 0 Å². The fraction of sp³-hybridized carbons (Fsp3) is 1.00. The number of nitrogens with one attached hydrogen (secondary N) is 2. The van der Waals surface area contributed by atoms with E-state index < -0.39 is 0 Å². The molecule has 1 heterocycles. The first-order chi connectivity index (χ1) is 5.79. The molecule has 12 heavy (non-hydrogen) atoms. The molecule has 1 saturated carbocycles. The Morgan fingerprint density at radius 1 is 1.42 bits per heavy atom. The maximum Gasteiger partial charge on any atom is 0.000517 e. The molecule has 2 aliphatic rings. The zero-order valence-electron chi connectivity index (χ0n) is 8.03. The van der Waals surface area contributed by atoms with Crippen LogP contribution in [0.5, 0.6) is 0 Å². The zero-order valence-corrected chi connectivity index (χ0v) is 8.03. The van der Waals surface area contributed by atoms with E-state index in [1.54, 1.807) is 0 Å². The first-order valence-corrected chi connectivity index (χ1v) is 5.20. The van der Waals surface area contributed by atoms with Crippen LogP contribution in [0, 0.1) is 11.3 Å². The molecular weight excluding hydrogens is 148 g/mol. The summed E-state index contributed by atoms with van der Waals surface area (Å²) in [6, 6.07) is 0. The van der Waals surface area contributed by atoms with Crippen molar-refractivity contribution in [3.63, 3.8) is 0 Å². The Kier molecular flexibility index (Phi) is 2.37. The first kappa shape index (κ1) is 8.52.